The molecule has 0 aliphatic carbocycles. The van der Waals surface area contributed by atoms with Gasteiger partial charge < -0.3 is 0 Å². The fraction of sp³-hybridized carbons (Fsp3) is 0.143. The zero-order chi connectivity index (χ0) is 13.0. The summed E-state index contributed by atoms with van der Waals surface area (Å²) >= 11 is 0. The van der Waals surface area contributed by atoms with E-state index in [-0.39, 0.29) is 17.7 Å². The van der Waals surface area contributed by atoms with Crippen molar-refractivity contribution in [2.24, 2.45) is 5.84 Å². The molecule has 0 bridgehead atoms. The molecule has 1 atom stereocenters. The van der Waals surface area contributed by atoms with Gasteiger partial charge in [0.15, 0.2) is 0 Å². The van der Waals surface area contributed by atoms with E-state index in [4.69, 9.17) is 5.84 Å². The average molecular weight is 248 g/mol. The summed E-state index contributed by atoms with van der Waals surface area (Å²) < 4.78 is 26.7. The summed E-state index contributed by atoms with van der Waals surface area (Å²) in [5.74, 6) is 4.82. The Labute approximate surface area is 104 Å². The summed E-state index contributed by atoms with van der Waals surface area (Å²) in [6.07, 6.45) is 0.426. The molecule has 0 aliphatic rings. The van der Waals surface area contributed by atoms with E-state index in [1.54, 1.807) is 30.3 Å². The number of benzene rings is 2. The molecular weight excluding hydrogens is 234 g/mol. The molecule has 94 valence electrons. The third-order valence-electron chi connectivity index (χ3n) is 2.81. The Balaban J connectivity index is 2.23. The van der Waals surface area contributed by atoms with E-state index in [0.29, 0.717) is 12.0 Å². The van der Waals surface area contributed by atoms with Gasteiger partial charge in [0, 0.05) is 5.56 Å². The third kappa shape index (κ3) is 2.91. The second kappa shape index (κ2) is 5.71. The molecule has 0 fully saturated rings. The molecule has 0 radical (unpaired) electrons. The first-order chi connectivity index (χ1) is 8.70. The van der Waals surface area contributed by atoms with Gasteiger partial charge in [-0.2, -0.15) is 0 Å². The number of hydrogen-bond acceptors (Lipinski definition) is 2. The van der Waals surface area contributed by atoms with E-state index < -0.39 is 0 Å². The van der Waals surface area contributed by atoms with Crippen LogP contribution in [-0.2, 0) is 6.42 Å². The van der Waals surface area contributed by atoms with Crippen LogP contribution >= 0.6 is 0 Å². The van der Waals surface area contributed by atoms with Crippen LogP contribution in [0.3, 0.4) is 0 Å². The fourth-order valence-corrected chi connectivity index (χ4v) is 1.92. The van der Waals surface area contributed by atoms with Crippen LogP contribution in [0.25, 0.3) is 0 Å². The van der Waals surface area contributed by atoms with Crippen molar-refractivity contribution in [3.05, 3.63) is 71.3 Å². The van der Waals surface area contributed by atoms with E-state index >= 15 is 0 Å². The van der Waals surface area contributed by atoms with Crippen molar-refractivity contribution in [2.75, 3.05) is 0 Å². The second-order valence-electron chi connectivity index (χ2n) is 4.07. The number of nitrogens with two attached hydrogens (primary N) is 1. The zero-order valence-electron chi connectivity index (χ0n) is 9.74. The molecule has 1 unspecified atom stereocenters. The number of hydrazine groups is 1. The molecule has 4 heteroatoms. The van der Waals surface area contributed by atoms with E-state index in [9.17, 15) is 8.78 Å². The molecule has 0 saturated heterocycles. The van der Waals surface area contributed by atoms with Gasteiger partial charge in [0.1, 0.15) is 11.6 Å². The number of hydrogen-bond donors (Lipinski definition) is 2. The molecule has 18 heavy (non-hydrogen) atoms. The van der Waals surface area contributed by atoms with E-state index in [2.05, 4.69) is 5.43 Å². The third-order valence-corrected chi connectivity index (χ3v) is 2.81. The van der Waals surface area contributed by atoms with Gasteiger partial charge in [-0.3, -0.25) is 11.3 Å². The van der Waals surface area contributed by atoms with Gasteiger partial charge in [-0.05, 0) is 30.2 Å². The van der Waals surface area contributed by atoms with Gasteiger partial charge in [0.05, 0.1) is 6.04 Å². The Hall–Kier alpha value is -1.78. The molecule has 2 aromatic carbocycles. The normalized spacial score (nSPS) is 12.4. The first kappa shape index (κ1) is 12.7. The Morgan fingerprint density at radius 1 is 1.06 bits per heavy atom. The first-order valence-corrected chi connectivity index (χ1v) is 5.65. The van der Waals surface area contributed by atoms with Gasteiger partial charge in [0.2, 0.25) is 0 Å². The second-order valence-corrected chi connectivity index (χ2v) is 4.07. The van der Waals surface area contributed by atoms with Crippen LogP contribution < -0.4 is 11.3 Å². The van der Waals surface area contributed by atoms with E-state index in [1.807, 2.05) is 0 Å². The maximum Gasteiger partial charge on any atom is 0.128 e. The Morgan fingerprint density at radius 2 is 1.83 bits per heavy atom. The highest BCUT2D eigenvalue weighted by Gasteiger charge is 2.14. The van der Waals surface area contributed by atoms with Crippen molar-refractivity contribution in [1.82, 2.24) is 5.43 Å². The Kier molecular flexibility index (Phi) is 4.02. The highest BCUT2D eigenvalue weighted by molar-refractivity contribution is 5.25. The number of halogens is 2. The lowest BCUT2D eigenvalue weighted by Gasteiger charge is -2.17. The van der Waals surface area contributed by atoms with Gasteiger partial charge >= 0.3 is 0 Å². The van der Waals surface area contributed by atoms with Gasteiger partial charge in [-0.25, -0.2) is 8.78 Å². The maximum absolute atomic E-state index is 13.6. The van der Waals surface area contributed by atoms with Crippen molar-refractivity contribution in [3.63, 3.8) is 0 Å². The lowest BCUT2D eigenvalue weighted by atomic mass is 9.99. The van der Waals surface area contributed by atoms with Crippen LogP contribution in [0.4, 0.5) is 8.78 Å². The highest BCUT2D eigenvalue weighted by atomic mass is 19.1. The maximum atomic E-state index is 13.6. The summed E-state index contributed by atoms with van der Waals surface area (Å²) in [6, 6.07) is 12.2. The molecule has 2 rings (SSSR count). The minimum Gasteiger partial charge on any atom is -0.271 e. The molecule has 0 spiro atoms. The molecule has 0 aliphatic heterocycles. The van der Waals surface area contributed by atoms with Crippen LogP contribution in [0.5, 0.6) is 0 Å². The highest BCUT2D eigenvalue weighted by Crippen LogP contribution is 2.20. The summed E-state index contributed by atoms with van der Waals surface area (Å²) in [4.78, 5) is 0. The van der Waals surface area contributed by atoms with Crippen LogP contribution in [-0.4, -0.2) is 0 Å². The molecular formula is C14H14F2N2. The first-order valence-electron chi connectivity index (χ1n) is 5.65. The van der Waals surface area contributed by atoms with Crippen molar-refractivity contribution in [3.8, 4) is 0 Å². The van der Waals surface area contributed by atoms with Crippen LogP contribution in [0, 0.1) is 11.6 Å². The summed E-state index contributed by atoms with van der Waals surface area (Å²) in [7, 11) is 0. The SMILES string of the molecule is NNC(Cc1cccc(F)c1)c1ccccc1F. The monoisotopic (exact) mass is 248 g/mol. The average Bonchev–Trinajstić information content (AvgIpc) is 2.37. The van der Waals surface area contributed by atoms with Crippen LogP contribution in [0.15, 0.2) is 48.5 Å². The largest absolute Gasteiger partial charge is 0.271 e. The minimum absolute atomic E-state index is 0.309. The lowest BCUT2D eigenvalue weighted by Crippen LogP contribution is -2.30. The lowest BCUT2D eigenvalue weighted by molar-refractivity contribution is 0.509. The summed E-state index contributed by atoms with van der Waals surface area (Å²) in [5.41, 5.74) is 3.81. The zero-order valence-corrected chi connectivity index (χ0v) is 9.74. The van der Waals surface area contributed by atoms with E-state index in [1.165, 1.54) is 18.2 Å². The molecule has 0 aromatic heterocycles. The molecule has 2 aromatic rings. The standard InChI is InChI=1S/C14H14F2N2/c15-11-5-3-4-10(8-11)9-14(18-17)12-6-1-2-7-13(12)16/h1-8,14,18H,9,17H2. The minimum atomic E-state index is -0.381. The van der Waals surface area contributed by atoms with Crippen molar-refractivity contribution < 1.29 is 8.78 Å². The predicted molar refractivity (Wildman–Crippen MR) is 66.6 cm³/mol. The quantitative estimate of drug-likeness (QED) is 0.645. The number of nitrogens with one attached hydrogen (secondary N) is 1. The molecule has 2 nitrogen and oxygen atoms in total. The number of rotatable bonds is 4. The summed E-state index contributed by atoms with van der Waals surface area (Å²) in [5, 5.41) is 0. The van der Waals surface area contributed by atoms with Crippen molar-refractivity contribution in [1.29, 1.82) is 0 Å². The van der Waals surface area contributed by atoms with Gasteiger partial charge in [0.25, 0.3) is 0 Å². The molecule has 3 N–H and O–H groups in total. The van der Waals surface area contributed by atoms with Crippen molar-refractivity contribution in [2.45, 2.75) is 12.5 Å². The Morgan fingerprint density at radius 3 is 2.50 bits per heavy atom. The molecule has 0 amide bonds. The Bertz CT molecular complexity index is 529. The fourth-order valence-electron chi connectivity index (χ4n) is 1.92. The van der Waals surface area contributed by atoms with Crippen molar-refractivity contribution >= 4 is 0 Å². The molecule has 0 saturated carbocycles. The topological polar surface area (TPSA) is 38.0 Å². The van der Waals surface area contributed by atoms with Crippen LogP contribution in [0.1, 0.15) is 17.2 Å². The van der Waals surface area contributed by atoms with Gasteiger partial charge in [-0.15, -0.1) is 0 Å². The predicted octanol–water partition coefficient (Wildman–Crippen LogP) is 2.71. The van der Waals surface area contributed by atoms with E-state index in [0.717, 1.165) is 5.56 Å². The molecule has 0 heterocycles. The van der Waals surface area contributed by atoms with Crippen LogP contribution in [0.2, 0.25) is 0 Å². The summed E-state index contributed by atoms with van der Waals surface area (Å²) in [6.45, 7) is 0. The smallest absolute Gasteiger partial charge is 0.128 e. The van der Waals surface area contributed by atoms with Gasteiger partial charge in [-0.1, -0.05) is 30.3 Å².